The first-order chi connectivity index (χ1) is 10.1. The summed E-state index contributed by atoms with van der Waals surface area (Å²) in [5, 5.41) is 13.1. The molecule has 2 rings (SSSR count). The summed E-state index contributed by atoms with van der Waals surface area (Å²) in [4.78, 5) is 12.8. The van der Waals surface area contributed by atoms with Crippen LogP contribution >= 0.6 is 11.3 Å². The molecule has 4 nitrogen and oxygen atoms in total. The van der Waals surface area contributed by atoms with E-state index in [1.807, 2.05) is 24.3 Å². The fourth-order valence-electron chi connectivity index (χ4n) is 2.17. The van der Waals surface area contributed by atoms with Crippen LogP contribution in [0.3, 0.4) is 0 Å². The number of carbonyl (C=O) groups excluding carboxylic acids is 1. The average Bonchev–Trinajstić information content (AvgIpc) is 2.89. The van der Waals surface area contributed by atoms with Gasteiger partial charge in [-0.2, -0.15) is 0 Å². The van der Waals surface area contributed by atoms with Gasteiger partial charge >= 0.3 is 0 Å². The van der Waals surface area contributed by atoms with Gasteiger partial charge in [0.05, 0.1) is 4.88 Å². The summed E-state index contributed by atoms with van der Waals surface area (Å²) < 4.78 is 0. The van der Waals surface area contributed by atoms with Crippen molar-refractivity contribution in [3.8, 4) is 5.75 Å². The predicted octanol–water partition coefficient (Wildman–Crippen LogP) is 2.32. The minimum absolute atomic E-state index is 0.301. The first-order valence-electron chi connectivity index (χ1n) is 6.95. The van der Waals surface area contributed by atoms with E-state index in [1.54, 1.807) is 12.1 Å². The lowest BCUT2D eigenvalue weighted by atomic mass is 10.1. The van der Waals surface area contributed by atoms with Gasteiger partial charge in [-0.15, -0.1) is 11.3 Å². The summed E-state index contributed by atoms with van der Waals surface area (Å²) in [6.45, 7) is 2.90. The fraction of sp³-hybridized carbons (Fsp3) is 0.312. The number of aromatic hydroxyl groups is 1. The molecular formula is C16H20N2O2S. The standard InChI is InChI=1S/C16H20N2O2S/c1-11(10-13-6-7-15(21-13)16(17)20)18-9-8-12-4-2-3-5-14(12)19/h2-7,11,18-19H,8-10H2,1H3,(H2,17,20). The van der Waals surface area contributed by atoms with Crippen LogP contribution in [0.2, 0.25) is 0 Å². The Morgan fingerprint density at radius 3 is 2.76 bits per heavy atom. The number of hydrogen-bond donors (Lipinski definition) is 3. The van der Waals surface area contributed by atoms with E-state index in [0.717, 1.165) is 29.8 Å². The van der Waals surface area contributed by atoms with E-state index in [0.29, 0.717) is 16.7 Å². The van der Waals surface area contributed by atoms with E-state index in [-0.39, 0.29) is 5.91 Å². The molecule has 21 heavy (non-hydrogen) atoms. The highest BCUT2D eigenvalue weighted by molar-refractivity contribution is 7.14. The second-order valence-electron chi connectivity index (χ2n) is 5.07. The third-order valence-electron chi connectivity index (χ3n) is 3.29. The second kappa shape index (κ2) is 7.24. The number of hydrogen-bond acceptors (Lipinski definition) is 4. The number of phenolic OH excluding ortho intramolecular Hbond substituents is 1. The molecular weight excluding hydrogens is 284 g/mol. The van der Waals surface area contributed by atoms with E-state index in [4.69, 9.17) is 5.73 Å². The van der Waals surface area contributed by atoms with Crippen LogP contribution in [0.5, 0.6) is 5.75 Å². The van der Waals surface area contributed by atoms with Crippen molar-refractivity contribution >= 4 is 17.2 Å². The molecule has 1 aromatic heterocycles. The molecule has 0 aliphatic carbocycles. The van der Waals surface area contributed by atoms with Gasteiger partial charge in [-0.25, -0.2) is 0 Å². The Morgan fingerprint density at radius 2 is 2.10 bits per heavy atom. The zero-order valence-electron chi connectivity index (χ0n) is 12.0. The van der Waals surface area contributed by atoms with Gasteiger partial charge in [0.25, 0.3) is 5.91 Å². The largest absolute Gasteiger partial charge is 0.508 e. The smallest absolute Gasteiger partial charge is 0.258 e. The normalized spacial score (nSPS) is 12.2. The number of thiophene rings is 1. The van der Waals surface area contributed by atoms with Crippen molar-refractivity contribution in [1.82, 2.24) is 5.32 Å². The average molecular weight is 304 g/mol. The first kappa shape index (κ1) is 15.5. The Hall–Kier alpha value is -1.85. The molecule has 1 unspecified atom stereocenters. The molecule has 0 aliphatic heterocycles. The number of para-hydroxylation sites is 1. The molecule has 1 heterocycles. The number of primary amides is 1. The number of rotatable bonds is 7. The molecule has 1 atom stereocenters. The van der Waals surface area contributed by atoms with Crippen LogP contribution in [-0.2, 0) is 12.8 Å². The van der Waals surface area contributed by atoms with Gasteiger partial charge in [0.1, 0.15) is 5.75 Å². The lowest BCUT2D eigenvalue weighted by molar-refractivity contribution is 0.100. The van der Waals surface area contributed by atoms with Crippen molar-refractivity contribution in [3.63, 3.8) is 0 Å². The highest BCUT2D eigenvalue weighted by Gasteiger charge is 2.09. The third kappa shape index (κ3) is 4.58. The molecule has 4 N–H and O–H groups in total. The summed E-state index contributed by atoms with van der Waals surface area (Å²) in [6, 6.07) is 11.4. The van der Waals surface area contributed by atoms with Crippen molar-refractivity contribution in [3.05, 3.63) is 51.7 Å². The number of phenols is 1. The SMILES string of the molecule is CC(Cc1ccc(C(N)=O)s1)NCCc1ccccc1O. The van der Waals surface area contributed by atoms with E-state index in [1.165, 1.54) is 11.3 Å². The maximum Gasteiger partial charge on any atom is 0.258 e. The van der Waals surface area contributed by atoms with Gasteiger partial charge in [0.2, 0.25) is 0 Å². The molecule has 0 aliphatic rings. The Kier molecular flexibility index (Phi) is 5.36. The molecule has 0 saturated carbocycles. The highest BCUT2D eigenvalue weighted by atomic mass is 32.1. The molecule has 1 aromatic carbocycles. The van der Waals surface area contributed by atoms with Crippen LogP contribution in [0.1, 0.15) is 27.0 Å². The van der Waals surface area contributed by atoms with Gasteiger partial charge in [-0.1, -0.05) is 18.2 Å². The van der Waals surface area contributed by atoms with Crippen LogP contribution in [-0.4, -0.2) is 23.6 Å². The van der Waals surface area contributed by atoms with Crippen LogP contribution in [0, 0.1) is 0 Å². The first-order valence-corrected chi connectivity index (χ1v) is 7.76. The zero-order valence-corrected chi connectivity index (χ0v) is 12.8. The van der Waals surface area contributed by atoms with Gasteiger partial charge in [-0.05, 0) is 50.1 Å². The Balaban J connectivity index is 1.78. The lowest BCUT2D eigenvalue weighted by Crippen LogP contribution is -2.29. The van der Waals surface area contributed by atoms with E-state index in [9.17, 15) is 9.90 Å². The van der Waals surface area contributed by atoms with Crippen LogP contribution in [0.4, 0.5) is 0 Å². The monoisotopic (exact) mass is 304 g/mol. The number of carbonyl (C=O) groups is 1. The molecule has 0 spiro atoms. The minimum Gasteiger partial charge on any atom is -0.508 e. The van der Waals surface area contributed by atoms with Crippen molar-refractivity contribution in [2.75, 3.05) is 6.54 Å². The quantitative estimate of drug-likeness (QED) is 0.735. The molecule has 0 radical (unpaired) electrons. The van der Waals surface area contributed by atoms with Crippen LogP contribution in [0.25, 0.3) is 0 Å². The summed E-state index contributed by atoms with van der Waals surface area (Å²) in [5.41, 5.74) is 6.20. The van der Waals surface area contributed by atoms with E-state index < -0.39 is 0 Å². The predicted molar refractivity (Wildman–Crippen MR) is 85.8 cm³/mol. The maximum atomic E-state index is 11.1. The summed E-state index contributed by atoms with van der Waals surface area (Å²) >= 11 is 1.45. The third-order valence-corrected chi connectivity index (χ3v) is 4.41. The maximum absolute atomic E-state index is 11.1. The Labute approximate surface area is 128 Å². The molecule has 112 valence electrons. The molecule has 0 bridgehead atoms. The van der Waals surface area contributed by atoms with Gasteiger partial charge in [-0.3, -0.25) is 4.79 Å². The van der Waals surface area contributed by atoms with Crippen LogP contribution < -0.4 is 11.1 Å². The molecule has 0 fully saturated rings. The van der Waals surface area contributed by atoms with Crippen LogP contribution in [0.15, 0.2) is 36.4 Å². The van der Waals surface area contributed by atoms with Crippen molar-refractivity contribution in [2.45, 2.75) is 25.8 Å². The molecule has 0 saturated heterocycles. The van der Waals surface area contributed by atoms with Crippen molar-refractivity contribution in [2.24, 2.45) is 5.73 Å². The fourth-order valence-corrected chi connectivity index (χ4v) is 3.16. The number of amides is 1. The number of nitrogens with one attached hydrogen (secondary N) is 1. The van der Waals surface area contributed by atoms with E-state index >= 15 is 0 Å². The van der Waals surface area contributed by atoms with Gasteiger partial charge in [0, 0.05) is 10.9 Å². The second-order valence-corrected chi connectivity index (χ2v) is 6.24. The summed E-state index contributed by atoms with van der Waals surface area (Å²) in [6.07, 6.45) is 1.65. The van der Waals surface area contributed by atoms with Crippen molar-refractivity contribution in [1.29, 1.82) is 0 Å². The zero-order chi connectivity index (χ0) is 15.2. The minimum atomic E-state index is -0.369. The summed E-state index contributed by atoms with van der Waals surface area (Å²) in [7, 11) is 0. The number of benzene rings is 1. The van der Waals surface area contributed by atoms with Crippen molar-refractivity contribution < 1.29 is 9.90 Å². The molecule has 2 aromatic rings. The topological polar surface area (TPSA) is 75.4 Å². The number of nitrogens with two attached hydrogens (primary N) is 1. The Morgan fingerprint density at radius 1 is 1.33 bits per heavy atom. The van der Waals surface area contributed by atoms with E-state index in [2.05, 4.69) is 12.2 Å². The van der Waals surface area contributed by atoms with Gasteiger partial charge < -0.3 is 16.2 Å². The molecule has 5 heteroatoms. The lowest BCUT2D eigenvalue weighted by Gasteiger charge is -2.13. The van der Waals surface area contributed by atoms with Gasteiger partial charge in [0.15, 0.2) is 0 Å². The highest BCUT2D eigenvalue weighted by Crippen LogP contribution is 2.18. The summed E-state index contributed by atoms with van der Waals surface area (Å²) in [5.74, 6) is -0.0253. The molecule has 1 amide bonds. The Bertz CT molecular complexity index is 610.